The topological polar surface area (TPSA) is 80.4 Å². The van der Waals surface area contributed by atoms with E-state index in [0.29, 0.717) is 12.2 Å². The number of methoxy groups -OCH3 is 1. The number of nitrogens with one attached hydrogen (secondary N) is 2. The largest absolute Gasteiger partial charge is 0.468 e. The van der Waals surface area contributed by atoms with Crippen molar-refractivity contribution < 1.29 is 19.1 Å². The van der Waals surface area contributed by atoms with Crippen LogP contribution in [0.5, 0.6) is 5.75 Å². The molecule has 6 nitrogen and oxygen atoms in total. The van der Waals surface area contributed by atoms with Crippen LogP contribution in [-0.2, 0) is 20.7 Å². The highest BCUT2D eigenvalue weighted by Crippen LogP contribution is 2.36. The zero-order valence-electron chi connectivity index (χ0n) is 17.6. The second-order valence-electron chi connectivity index (χ2n) is 8.65. The van der Waals surface area contributed by atoms with E-state index >= 15 is 0 Å². The molecule has 2 aromatic carbocycles. The first-order valence-corrected chi connectivity index (χ1v) is 10.0. The molecule has 0 bridgehead atoms. The van der Waals surface area contributed by atoms with Crippen LogP contribution in [0.1, 0.15) is 43.6 Å². The van der Waals surface area contributed by atoms with Crippen LogP contribution in [-0.4, -0.2) is 30.1 Å². The lowest BCUT2D eigenvalue weighted by atomic mass is 9.90. The number of hydrogen-bond donors (Lipinski definition) is 2. The smallest absolute Gasteiger partial charge is 0.323 e. The Kier molecular flexibility index (Phi) is 5.12. The zero-order chi connectivity index (χ0) is 21.5. The first-order chi connectivity index (χ1) is 14.3. The minimum atomic E-state index is -0.573. The second kappa shape index (κ2) is 7.61. The van der Waals surface area contributed by atoms with E-state index in [1.807, 2.05) is 51.1 Å². The normalized spacial score (nSPS) is 18.7. The maximum absolute atomic E-state index is 12.3. The summed E-state index contributed by atoms with van der Waals surface area (Å²) >= 11 is 0. The van der Waals surface area contributed by atoms with Crippen molar-refractivity contribution in [3.63, 3.8) is 0 Å². The molecule has 0 spiro atoms. The third kappa shape index (κ3) is 3.71. The third-order valence-electron chi connectivity index (χ3n) is 5.43. The van der Waals surface area contributed by atoms with Crippen LogP contribution in [0.4, 0.5) is 0 Å². The minimum absolute atomic E-state index is 0.211. The number of rotatable bonds is 3. The van der Waals surface area contributed by atoms with Gasteiger partial charge < -0.3 is 14.5 Å². The molecule has 0 saturated carbocycles. The highest BCUT2D eigenvalue weighted by atomic mass is 16.5. The molecule has 2 heterocycles. The van der Waals surface area contributed by atoms with Crippen molar-refractivity contribution in [2.75, 3.05) is 7.11 Å². The van der Waals surface area contributed by atoms with Gasteiger partial charge in [-0.3, -0.25) is 14.9 Å². The molecule has 6 heteroatoms. The molecule has 1 aromatic heterocycles. The predicted molar refractivity (Wildman–Crippen MR) is 114 cm³/mol. The molecule has 0 radical (unpaired) electrons. The van der Waals surface area contributed by atoms with Crippen LogP contribution in [0, 0.1) is 5.41 Å². The van der Waals surface area contributed by atoms with E-state index < -0.39 is 11.5 Å². The average molecular weight is 406 g/mol. The number of para-hydroxylation sites is 1. The van der Waals surface area contributed by atoms with E-state index in [1.54, 1.807) is 12.1 Å². The highest BCUT2D eigenvalue weighted by molar-refractivity contribution is 5.87. The number of hydrogen-bond acceptors (Lipinski definition) is 5. The molecule has 2 atom stereocenters. The molecule has 156 valence electrons. The molecule has 1 aliphatic rings. The van der Waals surface area contributed by atoms with Gasteiger partial charge >= 0.3 is 11.9 Å². The monoisotopic (exact) mass is 406 g/mol. The fraction of sp³-hybridized carbons (Fsp3) is 0.333. The molecule has 0 aliphatic carbocycles. The summed E-state index contributed by atoms with van der Waals surface area (Å²) in [6, 6.07) is 14.8. The average Bonchev–Trinajstić information content (AvgIpc) is 3.11. The molecule has 4 rings (SSSR count). The molecule has 0 unspecified atom stereocenters. The number of ether oxygens (including phenoxy) is 2. The van der Waals surface area contributed by atoms with Crippen LogP contribution in [0.25, 0.3) is 10.9 Å². The van der Waals surface area contributed by atoms with Crippen molar-refractivity contribution in [3.8, 4) is 5.75 Å². The van der Waals surface area contributed by atoms with Crippen molar-refractivity contribution in [1.29, 1.82) is 0 Å². The number of carbonyl (C=O) groups excluding carboxylic acids is 2. The molecule has 0 fully saturated rings. The van der Waals surface area contributed by atoms with Crippen molar-refractivity contribution >= 4 is 22.8 Å². The number of esters is 2. The fourth-order valence-corrected chi connectivity index (χ4v) is 3.78. The number of H-pyrrole nitrogens is 1. The Morgan fingerprint density at radius 2 is 1.73 bits per heavy atom. The van der Waals surface area contributed by atoms with Gasteiger partial charge in [-0.25, -0.2) is 0 Å². The first kappa shape index (κ1) is 20.2. The van der Waals surface area contributed by atoms with Crippen molar-refractivity contribution in [2.24, 2.45) is 5.41 Å². The highest BCUT2D eigenvalue weighted by Gasteiger charge is 2.34. The summed E-state index contributed by atoms with van der Waals surface area (Å²) in [4.78, 5) is 28.0. The number of aromatic nitrogens is 1. The van der Waals surface area contributed by atoms with Gasteiger partial charge in [0.25, 0.3) is 0 Å². The Bertz CT molecular complexity index is 1090. The predicted octanol–water partition coefficient (Wildman–Crippen LogP) is 3.90. The molecular formula is C24H26N2O4. The van der Waals surface area contributed by atoms with Crippen LogP contribution in [0.2, 0.25) is 0 Å². The Morgan fingerprint density at radius 3 is 2.40 bits per heavy atom. The lowest BCUT2D eigenvalue weighted by Gasteiger charge is -2.30. The van der Waals surface area contributed by atoms with E-state index in [1.165, 1.54) is 7.11 Å². The Hall–Kier alpha value is -3.12. The van der Waals surface area contributed by atoms with Crippen molar-refractivity contribution in [3.05, 3.63) is 65.4 Å². The van der Waals surface area contributed by atoms with Gasteiger partial charge in [0.2, 0.25) is 0 Å². The summed E-state index contributed by atoms with van der Waals surface area (Å²) in [5.74, 6) is -0.0720. The minimum Gasteiger partial charge on any atom is -0.468 e. The van der Waals surface area contributed by atoms with Crippen LogP contribution in [0.15, 0.2) is 48.5 Å². The lowest BCUT2D eigenvalue weighted by molar-refractivity contribution is -0.144. The Morgan fingerprint density at radius 1 is 1.03 bits per heavy atom. The van der Waals surface area contributed by atoms with E-state index in [9.17, 15) is 9.59 Å². The van der Waals surface area contributed by atoms with Crippen molar-refractivity contribution in [1.82, 2.24) is 10.3 Å². The standard InChI is InChI=1S/C24H26N2O4/c1-24(2,3)23(28)30-15-11-9-14(10-12-15)20-21-17(13-19(26-20)22(27)29-4)16-7-5-6-8-18(16)25-21/h5-12,19-20,25-26H,13H2,1-4H3/t19-,20-/m1/s1. The molecule has 3 aromatic rings. The summed E-state index contributed by atoms with van der Waals surface area (Å²) in [5.41, 5.74) is 3.59. The number of carbonyl (C=O) groups is 2. The fourth-order valence-electron chi connectivity index (χ4n) is 3.78. The van der Waals surface area contributed by atoms with E-state index in [4.69, 9.17) is 9.47 Å². The lowest BCUT2D eigenvalue weighted by Crippen LogP contribution is -2.45. The van der Waals surface area contributed by atoms with Gasteiger partial charge in [-0.05, 0) is 50.1 Å². The maximum Gasteiger partial charge on any atom is 0.323 e. The Balaban J connectivity index is 1.69. The molecule has 0 amide bonds. The Labute approximate surface area is 175 Å². The van der Waals surface area contributed by atoms with Gasteiger partial charge in [-0.2, -0.15) is 0 Å². The summed E-state index contributed by atoms with van der Waals surface area (Å²) in [5, 5.41) is 4.52. The summed E-state index contributed by atoms with van der Waals surface area (Å²) < 4.78 is 10.5. The summed E-state index contributed by atoms with van der Waals surface area (Å²) in [7, 11) is 1.40. The van der Waals surface area contributed by atoms with Crippen LogP contribution < -0.4 is 10.1 Å². The van der Waals surface area contributed by atoms with Crippen LogP contribution in [0.3, 0.4) is 0 Å². The number of aromatic amines is 1. The van der Waals surface area contributed by atoms with Crippen molar-refractivity contribution in [2.45, 2.75) is 39.3 Å². The number of fused-ring (bicyclic) bond motifs is 3. The van der Waals surface area contributed by atoms with Gasteiger partial charge in [0.15, 0.2) is 0 Å². The molecule has 30 heavy (non-hydrogen) atoms. The second-order valence-corrected chi connectivity index (χ2v) is 8.65. The maximum atomic E-state index is 12.3. The van der Waals surface area contributed by atoms with Gasteiger partial charge in [-0.1, -0.05) is 30.3 Å². The van der Waals surface area contributed by atoms with Crippen LogP contribution >= 0.6 is 0 Å². The van der Waals surface area contributed by atoms with Gasteiger partial charge in [0.05, 0.1) is 18.6 Å². The van der Waals surface area contributed by atoms with Gasteiger partial charge in [0.1, 0.15) is 11.8 Å². The summed E-state index contributed by atoms with van der Waals surface area (Å²) in [6.45, 7) is 5.46. The van der Waals surface area contributed by atoms with Gasteiger partial charge in [-0.15, -0.1) is 0 Å². The molecule has 0 saturated heterocycles. The summed E-state index contributed by atoms with van der Waals surface area (Å²) in [6.07, 6.45) is 0.559. The van der Waals surface area contributed by atoms with E-state index in [2.05, 4.69) is 16.4 Å². The molecule has 1 aliphatic heterocycles. The quantitative estimate of drug-likeness (QED) is 0.509. The molecular weight excluding hydrogens is 380 g/mol. The van der Waals surface area contributed by atoms with E-state index in [0.717, 1.165) is 27.7 Å². The first-order valence-electron chi connectivity index (χ1n) is 10.0. The molecule has 2 N–H and O–H groups in total. The van der Waals surface area contributed by atoms with E-state index in [-0.39, 0.29) is 18.0 Å². The zero-order valence-corrected chi connectivity index (χ0v) is 17.6. The SMILES string of the molecule is COC(=O)[C@H]1Cc2c([nH]c3ccccc23)[C@@H](c2ccc(OC(=O)C(C)(C)C)cc2)N1. The van der Waals surface area contributed by atoms with Gasteiger partial charge in [0, 0.05) is 23.0 Å². The number of benzene rings is 2. The third-order valence-corrected chi connectivity index (χ3v) is 5.43.